The zero-order chi connectivity index (χ0) is 19.7. The topological polar surface area (TPSA) is 89.2 Å². The zero-order valence-corrected chi connectivity index (χ0v) is 16.1. The number of rotatable bonds is 4. The van der Waals surface area contributed by atoms with Crippen LogP contribution in [0.2, 0.25) is 0 Å². The maximum Gasteiger partial charge on any atom is 0.243 e. The molecule has 0 atom stereocenters. The lowest BCUT2D eigenvalue weighted by molar-refractivity contribution is 0.270. The van der Waals surface area contributed by atoms with Gasteiger partial charge in [-0.2, -0.15) is 9.29 Å². The van der Waals surface area contributed by atoms with Crippen molar-refractivity contribution >= 4 is 10.0 Å². The molecule has 3 heterocycles. The second kappa shape index (κ2) is 7.40. The van der Waals surface area contributed by atoms with Gasteiger partial charge in [0.05, 0.1) is 4.90 Å². The molecule has 0 aliphatic carbocycles. The van der Waals surface area contributed by atoms with Crippen molar-refractivity contribution in [1.29, 1.82) is 0 Å². The highest BCUT2D eigenvalue weighted by Gasteiger charge is 2.33. The Morgan fingerprint density at radius 1 is 1.14 bits per heavy atom. The molecule has 1 fully saturated rings. The van der Waals surface area contributed by atoms with Crippen molar-refractivity contribution in [2.45, 2.75) is 30.6 Å². The van der Waals surface area contributed by atoms with Gasteiger partial charge < -0.3 is 4.52 Å². The molecule has 1 saturated heterocycles. The molecule has 4 rings (SSSR count). The van der Waals surface area contributed by atoms with Gasteiger partial charge in [0.1, 0.15) is 5.82 Å². The molecule has 28 heavy (non-hydrogen) atoms. The summed E-state index contributed by atoms with van der Waals surface area (Å²) in [5.74, 6) is 0.422. The quantitative estimate of drug-likeness (QED) is 0.666. The van der Waals surface area contributed by atoms with Crippen LogP contribution in [0, 0.1) is 12.7 Å². The predicted octanol–water partition coefficient (Wildman–Crippen LogP) is 3.15. The van der Waals surface area contributed by atoms with E-state index in [-0.39, 0.29) is 10.8 Å². The molecular weight excluding hydrogens is 383 g/mol. The summed E-state index contributed by atoms with van der Waals surface area (Å²) in [7, 11) is -3.74. The maximum absolute atomic E-state index is 13.6. The highest BCUT2D eigenvalue weighted by Crippen LogP contribution is 2.31. The molecule has 1 aliphatic rings. The fraction of sp³-hybridized carbons (Fsp3) is 0.316. The molecule has 0 radical (unpaired) electrons. The summed E-state index contributed by atoms with van der Waals surface area (Å²) in [5.41, 5.74) is 1.34. The molecule has 0 saturated carbocycles. The zero-order valence-electron chi connectivity index (χ0n) is 15.2. The molecule has 0 spiro atoms. The van der Waals surface area contributed by atoms with Crippen molar-refractivity contribution in [1.82, 2.24) is 19.4 Å². The van der Waals surface area contributed by atoms with Crippen LogP contribution in [0.1, 0.15) is 30.2 Å². The maximum atomic E-state index is 13.6. The third-order valence-electron chi connectivity index (χ3n) is 4.95. The van der Waals surface area contributed by atoms with Gasteiger partial charge >= 0.3 is 0 Å². The summed E-state index contributed by atoms with van der Waals surface area (Å²) in [5, 5.41) is 4.01. The molecule has 3 aromatic rings. The van der Waals surface area contributed by atoms with Gasteiger partial charge in [0.2, 0.25) is 21.7 Å². The number of halogens is 1. The molecule has 2 aromatic heterocycles. The van der Waals surface area contributed by atoms with Crippen molar-refractivity contribution < 1.29 is 17.3 Å². The van der Waals surface area contributed by atoms with Crippen LogP contribution in [0.5, 0.6) is 0 Å². The molecule has 0 N–H and O–H groups in total. The number of nitrogens with zero attached hydrogens (tertiary/aromatic N) is 4. The van der Waals surface area contributed by atoms with Crippen LogP contribution in [0.15, 0.2) is 52.1 Å². The molecule has 1 aliphatic heterocycles. The second-order valence-corrected chi connectivity index (χ2v) is 8.69. The highest BCUT2D eigenvalue weighted by atomic mass is 32.2. The number of piperidine rings is 1. The summed E-state index contributed by atoms with van der Waals surface area (Å²) in [6.07, 6.45) is 4.43. The Kier molecular flexibility index (Phi) is 4.94. The lowest BCUT2D eigenvalue weighted by Gasteiger charge is -2.30. The van der Waals surface area contributed by atoms with E-state index in [9.17, 15) is 12.8 Å². The first-order chi connectivity index (χ1) is 13.4. The van der Waals surface area contributed by atoms with Gasteiger partial charge in [0.25, 0.3) is 0 Å². The van der Waals surface area contributed by atoms with E-state index in [2.05, 4.69) is 15.1 Å². The van der Waals surface area contributed by atoms with Gasteiger partial charge in [0.15, 0.2) is 0 Å². The molecule has 0 bridgehead atoms. The Balaban J connectivity index is 1.48. The van der Waals surface area contributed by atoms with E-state index in [1.165, 1.54) is 16.4 Å². The van der Waals surface area contributed by atoms with E-state index in [4.69, 9.17) is 4.52 Å². The van der Waals surface area contributed by atoms with Crippen LogP contribution < -0.4 is 0 Å². The Labute approximate surface area is 162 Å². The number of aromatic nitrogens is 3. The van der Waals surface area contributed by atoms with Crippen LogP contribution in [-0.4, -0.2) is 40.9 Å². The summed E-state index contributed by atoms with van der Waals surface area (Å²) < 4.78 is 46.1. The largest absolute Gasteiger partial charge is 0.339 e. The van der Waals surface area contributed by atoms with Gasteiger partial charge in [-0.3, -0.25) is 4.98 Å². The van der Waals surface area contributed by atoms with Crippen LogP contribution in [0.3, 0.4) is 0 Å². The fourth-order valence-corrected chi connectivity index (χ4v) is 5.06. The summed E-state index contributed by atoms with van der Waals surface area (Å²) in [6, 6.07) is 7.41. The van der Waals surface area contributed by atoms with Gasteiger partial charge in [0, 0.05) is 37.0 Å². The van der Waals surface area contributed by atoms with E-state index in [0.29, 0.717) is 43.2 Å². The Bertz CT molecular complexity index is 1080. The number of sulfonamides is 1. The third-order valence-corrected chi connectivity index (χ3v) is 6.99. The predicted molar refractivity (Wildman–Crippen MR) is 99.4 cm³/mol. The van der Waals surface area contributed by atoms with E-state index in [0.717, 1.165) is 11.6 Å². The minimum Gasteiger partial charge on any atom is -0.339 e. The van der Waals surface area contributed by atoms with Crippen molar-refractivity contribution in [3.63, 3.8) is 0 Å². The van der Waals surface area contributed by atoms with E-state index in [1.807, 2.05) is 0 Å². The lowest BCUT2D eigenvalue weighted by atomic mass is 9.98. The molecule has 146 valence electrons. The summed E-state index contributed by atoms with van der Waals surface area (Å²) in [6.45, 7) is 2.30. The molecule has 7 nitrogen and oxygen atoms in total. The van der Waals surface area contributed by atoms with Gasteiger partial charge in [-0.25, -0.2) is 12.8 Å². The average Bonchev–Trinajstić information content (AvgIpc) is 3.21. The smallest absolute Gasteiger partial charge is 0.243 e. The SMILES string of the molecule is Cc1ccc(F)cc1S(=O)(=O)N1CCC(c2nc(-c3ccncc3)no2)CC1. The monoisotopic (exact) mass is 402 g/mol. The second-order valence-electron chi connectivity index (χ2n) is 6.78. The minimum atomic E-state index is -3.74. The number of benzene rings is 1. The normalized spacial score (nSPS) is 16.4. The Morgan fingerprint density at radius 3 is 2.57 bits per heavy atom. The van der Waals surface area contributed by atoms with Crippen LogP contribution >= 0.6 is 0 Å². The summed E-state index contributed by atoms with van der Waals surface area (Å²) >= 11 is 0. The average molecular weight is 402 g/mol. The van der Waals surface area contributed by atoms with Crippen molar-refractivity contribution in [2.24, 2.45) is 0 Å². The van der Waals surface area contributed by atoms with Gasteiger partial charge in [-0.05, 0) is 49.6 Å². The van der Waals surface area contributed by atoms with E-state index >= 15 is 0 Å². The number of pyridine rings is 1. The van der Waals surface area contributed by atoms with Crippen molar-refractivity contribution in [3.8, 4) is 11.4 Å². The van der Waals surface area contributed by atoms with Crippen LogP contribution in [-0.2, 0) is 10.0 Å². The number of aryl methyl sites for hydroxylation is 1. The molecule has 0 unspecified atom stereocenters. The highest BCUT2D eigenvalue weighted by molar-refractivity contribution is 7.89. The Hall–Kier alpha value is -2.65. The molecular formula is C19H19FN4O3S. The molecule has 0 amide bonds. The fourth-order valence-electron chi connectivity index (χ4n) is 3.35. The molecule has 1 aromatic carbocycles. The molecule has 9 heteroatoms. The van der Waals surface area contributed by atoms with Crippen molar-refractivity contribution in [3.05, 3.63) is 60.0 Å². The van der Waals surface area contributed by atoms with Crippen molar-refractivity contribution in [2.75, 3.05) is 13.1 Å². The third kappa shape index (κ3) is 3.55. The van der Waals surface area contributed by atoms with E-state index in [1.54, 1.807) is 31.5 Å². The van der Waals surface area contributed by atoms with Crippen LogP contribution in [0.25, 0.3) is 11.4 Å². The first-order valence-electron chi connectivity index (χ1n) is 8.95. The van der Waals surface area contributed by atoms with Gasteiger partial charge in [-0.15, -0.1) is 0 Å². The standard InChI is InChI=1S/C19H19FN4O3S/c1-13-2-3-16(20)12-17(13)28(25,26)24-10-6-15(7-11-24)19-22-18(23-27-19)14-4-8-21-9-5-14/h2-5,8-9,12,15H,6-7,10-11H2,1H3. The minimum absolute atomic E-state index is 0.0110. The first kappa shape index (κ1) is 18.7. The Morgan fingerprint density at radius 2 is 1.86 bits per heavy atom. The summed E-state index contributed by atoms with van der Waals surface area (Å²) in [4.78, 5) is 8.43. The first-order valence-corrected chi connectivity index (χ1v) is 10.4. The number of hydrogen-bond donors (Lipinski definition) is 0. The van der Waals surface area contributed by atoms with Crippen LogP contribution in [0.4, 0.5) is 4.39 Å². The van der Waals surface area contributed by atoms with Gasteiger partial charge in [-0.1, -0.05) is 11.2 Å². The number of hydrogen-bond acceptors (Lipinski definition) is 6. The van der Waals surface area contributed by atoms with E-state index < -0.39 is 15.8 Å². The lowest BCUT2D eigenvalue weighted by Crippen LogP contribution is -2.38.